The van der Waals surface area contributed by atoms with Gasteiger partial charge in [-0.25, -0.2) is 0 Å². The van der Waals surface area contributed by atoms with Crippen molar-refractivity contribution in [1.29, 1.82) is 0 Å². The Bertz CT molecular complexity index is 377. The smallest absolute Gasteiger partial charge is 0.0973 e. The summed E-state index contributed by atoms with van der Waals surface area (Å²) in [6.45, 7) is 2.83. The van der Waals surface area contributed by atoms with Gasteiger partial charge in [-0.3, -0.25) is 0 Å². The molecule has 2 unspecified atom stereocenters. The lowest BCUT2D eigenvalue weighted by molar-refractivity contribution is 0.0245. The summed E-state index contributed by atoms with van der Waals surface area (Å²) in [6.07, 6.45) is 5.33. The van der Waals surface area contributed by atoms with E-state index in [4.69, 9.17) is 10.5 Å². The Morgan fingerprint density at radius 1 is 1.44 bits per heavy atom. The normalized spacial score (nSPS) is 19.3. The van der Waals surface area contributed by atoms with Crippen molar-refractivity contribution < 1.29 is 4.74 Å². The highest BCUT2D eigenvalue weighted by molar-refractivity contribution is 9.10. The summed E-state index contributed by atoms with van der Waals surface area (Å²) in [6, 6.07) is 8.25. The summed E-state index contributed by atoms with van der Waals surface area (Å²) in [7, 11) is 0. The topological polar surface area (TPSA) is 35.2 Å². The van der Waals surface area contributed by atoms with Crippen molar-refractivity contribution in [3.05, 3.63) is 34.3 Å². The molecule has 0 spiro atoms. The first-order valence-corrected chi connectivity index (χ1v) is 7.59. The Labute approximate surface area is 118 Å². The number of hydrogen-bond donors (Lipinski definition) is 1. The number of benzene rings is 1. The van der Waals surface area contributed by atoms with Gasteiger partial charge in [0.25, 0.3) is 0 Å². The lowest BCUT2D eigenvalue weighted by Crippen LogP contribution is -2.28. The molecule has 0 radical (unpaired) electrons. The minimum atomic E-state index is 0.00239. The first kappa shape index (κ1) is 14.0. The molecule has 2 rings (SSSR count). The van der Waals surface area contributed by atoms with Gasteiger partial charge in [-0.15, -0.1) is 0 Å². The van der Waals surface area contributed by atoms with Crippen LogP contribution in [0.2, 0.25) is 0 Å². The third kappa shape index (κ3) is 3.81. The van der Waals surface area contributed by atoms with Crippen molar-refractivity contribution in [2.45, 2.75) is 44.8 Å². The van der Waals surface area contributed by atoms with Gasteiger partial charge in [0.1, 0.15) is 0 Å². The van der Waals surface area contributed by atoms with Crippen LogP contribution in [0.1, 0.15) is 44.3 Å². The fourth-order valence-electron chi connectivity index (χ4n) is 2.38. The summed E-state index contributed by atoms with van der Waals surface area (Å²) in [5, 5.41) is 0. The van der Waals surface area contributed by atoms with Crippen molar-refractivity contribution in [3.8, 4) is 0 Å². The molecule has 0 bridgehead atoms. The van der Waals surface area contributed by atoms with E-state index in [2.05, 4.69) is 28.1 Å². The Hall–Kier alpha value is -0.380. The number of rotatable bonds is 6. The lowest BCUT2D eigenvalue weighted by Gasteiger charge is -2.27. The molecule has 1 aliphatic rings. The van der Waals surface area contributed by atoms with E-state index < -0.39 is 0 Å². The molecule has 100 valence electrons. The van der Waals surface area contributed by atoms with Crippen LogP contribution in [0, 0.1) is 5.92 Å². The van der Waals surface area contributed by atoms with E-state index in [-0.39, 0.29) is 12.1 Å². The molecule has 0 amide bonds. The molecule has 0 aliphatic heterocycles. The fourth-order valence-corrected chi connectivity index (χ4v) is 2.80. The van der Waals surface area contributed by atoms with E-state index in [1.54, 1.807) is 0 Å². The Morgan fingerprint density at radius 2 is 2.22 bits per heavy atom. The quantitative estimate of drug-likeness (QED) is 0.860. The number of hydrogen-bond acceptors (Lipinski definition) is 2. The largest absolute Gasteiger partial charge is 0.372 e. The predicted molar refractivity (Wildman–Crippen MR) is 78.4 cm³/mol. The molecule has 0 heterocycles. The van der Waals surface area contributed by atoms with Crippen LogP contribution in [0.15, 0.2) is 28.7 Å². The Balaban J connectivity index is 1.90. The van der Waals surface area contributed by atoms with Crippen molar-refractivity contribution in [1.82, 2.24) is 0 Å². The summed E-state index contributed by atoms with van der Waals surface area (Å²) in [5.74, 6) is 0.890. The van der Waals surface area contributed by atoms with E-state index in [1.807, 2.05) is 19.1 Å². The molecule has 2 N–H and O–H groups in total. The second-order valence-electron chi connectivity index (χ2n) is 5.29. The SMILES string of the molecule is CC(N)C(OCCC1CCC1)c1cccc(Br)c1. The van der Waals surface area contributed by atoms with Crippen molar-refractivity contribution in [2.75, 3.05) is 6.61 Å². The summed E-state index contributed by atoms with van der Waals surface area (Å²) >= 11 is 3.49. The minimum absolute atomic E-state index is 0.00239. The van der Waals surface area contributed by atoms with Gasteiger partial charge in [0.15, 0.2) is 0 Å². The highest BCUT2D eigenvalue weighted by atomic mass is 79.9. The van der Waals surface area contributed by atoms with Crippen LogP contribution in [0.5, 0.6) is 0 Å². The third-order valence-corrected chi connectivity index (χ3v) is 4.20. The van der Waals surface area contributed by atoms with Crippen molar-refractivity contribution in [3.63, 3.8) is 0 Å². The highest BCUT2D eigenvalue weighted by Gasteiger charge is 2.20. The van der Waals surface area contributed by atoms with Gasteiger partial charge in [-0.05, 0) is 37.0 Å². The third-order valence-electron chi connectivity index (χ3n) is 3.70. The van der Waals surface area contributed by atoms with E-state index in [1.165, 1.54) is 25.7 Å². The molecule has 1 saturated carbocycles. The van der Waals surface area contributed by atoms with Crippen LogP contribution in [0.25, 0.3) is 0 Å². The maximum atomic E-state index is 6.04. The predicted octanol–water partition coefficient (Wildman–Crippen LogP) is 4.04. The van der Waals surface area contributed by atoms with E-state index in [0.29, 0.717) is 0 Å². The minimum Gasteiger partial charge on any atom is -0.372 e. The number of ether oxygens (including phenoxy) is 1. The summed E-state index contributed by atoms with van der Waals surface area (Å²) in [5.41, 5.74) is 7.20. The first-order chi connectivity index (χ1) is 8.66. The standard InChI is InChI=1S/C15H22BrNO/c1-11(17)15(13-6-3-7-14(16)10-13)18-9-8-12-4-2-5-12/h3,6-7,10-12,15H,2,4-5,8-9,17H2,1H3. The van der Waals surface area contributed by atoms with E-state index in [9.17, 15) is 0 Å². The zero-order chi connectivity index (χ0) is 13.0. The first-order valence-electron chi connectivity index (χ1n) is 6.79. The maximum absolute atomic E-state index is 6.04. The Morgan fingerprint density at radius 3 is 2.78 bits per heavy atom. The van der Waals surface area contributed by atoms with Gasteiger partial charge in [0, 0.05) is 17.1 Å². The molecular weight excluding hydrogens is 290 g/mol. The molecule has 1 fully saturated rings. The van der Waals surface area contributed by atoms with Gasteiger partial charge in [0.2, 0.25) is 0 Å². The van der Waals surface area contributed by atoms with Crippen LogP contribution >= 0.6 is 15.9 Å². The van der Waals surface area contributed by atoms with Crippen LogP contribution in [-0.4, -0.2) is 12.6 Å². The van der Waals surface area contributed by atoms with Crippen molar-refractivity contribution in [2.24, 2.45) is 11.7 Å². The number of halogens is 1. The molecule has 3 heteroatoms. The van der Waals surface area contributed by atoms with Gasteiger partial charge in [-0.1, -0.05) is 47.3 Å². The second kappa shape index (κ2) is 6.69. The van der Waals surface area contributed by atoms with Gasteiger partial charge in [0.05, 0.1) is 6.10 Å². The zero-order valence-electron chi connectivity index (χ0n) is 10.9. The van der Waals surface area contributed by atoms with Crippen LogP contribution < -0.4 is 5.73 Å². The van der Waals surface area contributed by atoms with Crippen LogP contribution in [-0.2, 0) is 4.74 Å². The molecule has 0 aromatic heterocycles. The molecule has 1 aromatic rings. The van der Waals surface area contributed by atoms with Gasteiger partial charge >= 0.3 is 0 Å². The van der Waals surface area contributed by atoms with Crippen LogP contribution in [0.3, 0.4) is 0 Å². The lowest BCUT2D eigenvalue weighted by atomic mass is 9.83. The van der Waals surface area contributed by atoms with E-state index >= 15 is 0 Å². The molecule has 0 saturated heterocycles. The number of nitrogens with two attached hydrogens (primary N) is 1. The van der Waals surface area contributed by atoms with Crippen molar-refractivity contribution >= 4 is 15.9 Å². The zero-order valence-corrected chi connectivity index (χ0v) is 12.5. The molecule has 1 aliphatic carbocycles. The average Bonchev–Trinajstić information content (AvgIpc) is 2.26. The highest BCUT2D eigenvalue weighted by Crippen LogP contribution is 2.30. The molecular formula is C15H22BrNO. The second-order valence-corrected chi connectivity index (χ2v) is 6.21. The van der Waals surface area contributed by atoms with Gasteiger partial charge in [-0.2, -0.15) is 0 Å². The Kier molecular flexibility index (Phi) is 5.22. The maximum Gasteiger partial charge on any atom is 0.0973 e. The summed E-state index contributed by atoms with van der Waals surface area (Å²) < 4.78 is 7.08. The van der Waals surface area contributed by atoms with Crippen LogP contribution in [0.4, 0.5) is 0 Å². The molecule has 1 aromatic carbocycles. The summed E-state index contributed by atoms with van der Waals surface area (Å²) in [4.78, 5) is 0. The average molecular weight is 312 g/mol. The molecule has 18 heavy (non-hydrogen) atoms. The van der Waals surface area contributed by atoms with E-state index in [0.717, 1.165) is 22.6 Å². The monoisotopic (exact) mass is 311 g/mol. The molecule has 2 nitrogen and oxygen atoms in total. The van der Waals surface area contributed by atoms with Gasteiger partial charge < -0.3 is 10.5 Å². The molecule has 2 atom stereocenters. The fraction of sp³-hybridized carbons (Fsp3) is 0.600.